The normalized spacial score (nSPS) is 23.3. The molecule has 0 aliphatic heterocycles. The van der Waals surface area contributed by atoms with Crippen molar-refractivity contribution in [2.45, 2.75) is 51.2 Å². The predicted octanol–water partition coefficient (Wildman–Crippen LogP) is 5.76. The molecule has 10 heteroatoms. The van der Waals surface area contributed by atoms with Gasteiger partial charge in [0.2, 0.25) is 0 Å². The Morgan fingerprint density at radius 3 is 2.29 bits per heavy atom. The van der Waals surface area contributed by atoms with E-state index in [1.54, 1.807) is 10.9 Å². The first-order valence-electron chi connectivity index (χ1n) is 10.8. The summed E-state index contributed by atoms with van der Waals surface area (Å²) < 4.78 is 67.9. The van der Waals surface area contributed by atoms with Crippen LogP contribution in [0.1, 0.15) is 55.5 Å². The highest BCUT2D eigenvalue weighted by Gasteiger charge is 2.39. The molecule has 34 heavy (non-hydrogen) atoms. The highest BCUT2D eigenvalue weighted by molar-refractivity contribution is 5.94. The summed E-state index contributed by atoms with van der Waals surface area (Å²) in [6.07, 6.45) is -0.0139. The summed E-state index contributed by atoms with van der Waals surface area (Å²) in [7, 11) is 0. The number of nitrogens with zero attached hydrogens (tertiary/aromatic N) is 2. The molecule has 182 valence electrons. The zero-order chi connectivity index (χ0) is 24.9. The van der Waals surface area contributed by atoms with Crippen LogP contribution < -0.4 is 5.32 Å². The molecule has 0 saturated heterocycles. The predicted molar refractivity (Wildman–Crippen MR) is 115 cm³/mol. The summed E-state index contributed by atoms with van der Waals surface area (Å²) in [5.41, 5.74) is -1.13. The first kappa shape index (κ1) is 24.0. The minimum atomic E-state index is -4.42. The van der Waals surface area contributed by atoms with Crippen LogP contribution in [-0.2, 0) is 11.7 Å². The molecule has 1 aromatic heterocycles. The van der Waals surface area contributed by atoms with Gasteiger partial charge in [0, 0.05) is 23.7 Å². The molecule has 2 N–H and O–H groups in total. The largest absolute Gasteiger partial charge is 0.503 e. The van der Waals surface area contributed by atoms with Gasteiger partial charge in [0.15, 0.2) is 17.4 Å². The van der Waals surface area contributed by atoms with Crippen molar-refractivity contribution in [3.63, 3.8) is 0 Å². The molecule has 3 aromatic rings. The molecule has 0 spiro atoms. The smallest absolute Gasteiger partial charge is 0.416 e. The number of aromatic nitrogens is 2. The summed E-state index contributed by atoms with van der Waals surface area (Å²) in [5.74, 6) is -4.19. The van der Waals surface area contributed by atoms with Crippen LogP contribution in [0.3, 0.4) is 0 Å². The average molecular weight is 481 g/mol. The van der Waals surface area contributed by atoms with Crippen molar-refractivity contribution >= 4 is 16.8 Å². The number of phenolic OH excluding ortho intramolecular Hbond substituents is 1. The lowest BCUT2D eigenvalue weighted by Gasteiger charge is -2.43. The number of amides is 1. The van der Waals surface area contributed by atoms with E-state index in [1.807, 2.05) is 13.8 Å². The zero-order valence-electron chi connectivity index (χ0n) is 18.6. The first-order valence-corrected chi connectivity index (χ1v) is 10.8. The lowest BCUT2D eigenvalue weighted by Crippen LogP contribution is -2.43. The van der Waals surface area contributed by atoms with E-state index in [-0.39, 0.29) is 17.5 Å². The third-order valence-electron chi connectivity index (χ3n) is 6.87. The maximum Gasteiger partial charge on any atom is 0.416 e. The molecule has 1 amide bonds. The van der Waals surface area contributed by atoms with Gasteiger partial charge in [0.05, 0.1) is 16.6 Å². The van der Waals surface area contributed by atoms with E-state index < -0.39 is 40.6 Å². The minimum Gasteiger partial charge on any atom is -0.503 e. The standard InChI is InChI=1S/C24H24F5N3O2/c1-22(13-30-21(34)14-10-17(25)20(33)18(26)11-14)5-7-23(2,8-6-22)32-12-15-9-16(24(27,28)29)3-4-19(15)31-32/h3-4,9-12,33H,5-8,13H2,1-2H3,(H,30,34). The number of alkyl halides is 3. The van der Waals surface area contributed by atoms with E-state index in [9.17, 15) is 31.9 Å². The maximum atomic E-state index is 13.5. The molecule has 1 fully saturated rings. The van der Waals surface area contributed by atoms with Gasteiger partial charge in [-0.05, 0) is 68.4 Å². The second-order valence-electron chi connectivity index (χ2n) is 9.62. The Morgan fingerprint density at radius 1 is 1.09 bits per heavy atom. The van der Waals surface area contributed by atoms with Crippen LogP contribution >= 0.6 is 0 Å². The van der Waals surface area contributed by atoms with Gasteiger partial charge in [-0.3, -0.25) is 9.48 Å². The maximum absolute atomic E-state index is 13.5. The fourth-order valence-corrected chi connectivity index (χ4v) is 4.37. The second kappa shape index (κ2) is 8.25. The van der Waals surface area contributed by atoms with Crippen LogP contribution in [0, 0.1) is 17.0 Å². The molecule has 0 unspecified atom stereocenters. The Bertz CT molecular complexity index is 1220. The molecule has 0 bridgehead atoms. The number of phenols is 1. The van der Waals surface area contributed by atoms with Gasteiger partial charge in [0.1, 0.15) is 0 Å². The van der Waals surface area contributed by atoms with Gasteiger partial charge in [-0.1, -0.05) is 6.92 Å². The van der Waals surface area contributed by atoms with E-state index in [4.69, 9.17) is 0 Å². The van der Waals surface area contributed by atoms with E-state index in [2.05, 4.69) is 10.4 Å². The van der Waals surface area contributed by atoms with Gasteiger partial charge in [0.25, 0.3) is 5.91 Å². The van der Waals surface area contributed by atoms with E-state index in [0.717, 1.165) is 24.3 Å². The summed E-state index contributed by atoms with van der Waals surface area (Å²) in [5, 5.41) is 16.8. The number of halogens is 5. The van der Waals surface area contributed by atoms with Crippen molar-refractivity contribution in [3.05, 3.63) is 59.3 Å². The molecule has 5 nitrogen and oxygen atoms in total. The fourth-order valence-electron chi connectivity index (χ4n) is 4.37. The summed E-state index contributed by atoms with van der Waals surface area (Å²) >= 11 is 0. The number of hydrogen-bond donors (Lipinski definition) is 2. The van der Waals surface area contributed by atoms with Crippen LogP contribution in [-0.4, -0.2) is 27.3 Å². The summed E-state index contributed by atoms with van der Waals surface area (Å²) in [6.45, 7) is 4.28. The average Bonchev–Trinajstić information content (AvgIpc) is 3.22. The number of hydrogen-bond acceptors (Lipinski definition) is 3. The summed E-state index contributed by atoms with van der Waals surface area (Å²) in [6, 6.07) is 5.05. The molecule has 2 aromatic carbocycles. The Kier molecular flexibility index (Phi) is 5.81. The van der Waals surface area contributed by atoms with Gasteiger partial charge in [-0.25, -0.2) is 8.78 Å². The molecule has 1 heterocycles. The molecular weight excluding hydrogens is 457 g/mol. The fraction of sp³-hybridized carbons (Fsp3) is 0.417. The van der Waals surface area contributed by atoms with Crippen molar-refractivity contribution in [1.29, 1.82) is 0 Å². The molecular formula is C24H24F5N3O2. The monoisotopic (exact) mass is 481 g/mol. The highest BCUT2D eigenvalue weighted by Crippen LogP contribution is 2.44. The molecule has 0 radical (unpaired) electrons. The minimum absolute atomic E-state index is 0.224. The molecule has 1 saturated carbocycles. The number of fused-ring (bicyclic) bond motifs is 1. The molecule has 1 aliphatic carbocycles. The van der Waals surface area contributed by atoms with E-state index >= 15 is 0 Å². The van der Waals surface area contributed by atoms with Crippen LogP contribution in [0.4, 0.5) is 22.0 Å². The van der Waals surface area contributed by atoms with Crippen LogP contribution in [0.25, 0.3) is 10.9 Å². The van der Waals surface area contributed by atoms with Gasteiger partial charge >= 0.3 is 6.18 Å². The lowest BCUT2D eigenvalue weighted by atomic mass is 9.69. The highest BCUT2D eigenvalue weighted by atomic mass is 19.4. The van der Waals surface area contributed by atoms with Crippen LogP contribution in [0.15, 0.2) is 36.5 Å². The number of carbonyl (C=O) groups is 1. The van der Waals surface area contributed by atoms with Gasteiger partial charge < -0.3 is 10.4 Å². The van der Waals surface area contributed by atoms with E-state index in [0.29, 0.717) is 36.6 Å². The van der Waals surface area contributed by atoms with Crippen molar-refractivity contribution in [2.75, 3.05) is 6.54 Å². The number of rotatable bonds is 4. The lowest BCUT2D eigenvalue weighted by molar-refractivity contribution is -0.137. The van der Waals surface area contributed by atoms with Crippen molar-refractivity contribution in [2.24, 2.45) is 5.41 Å². The van der Waals surface area contributed by atoms with Gasteiger partial charge in [-0.15, -0.1) is 0 Å². The zero-order valence-corrected chi connectivity index (χ0v) is 18.6. The Morgan fingerprint density at radius 2 is 1.71 bits per heavy atom. The number of benzene rings is 2. The van der Waals surface area contributed by atoms with Gasteiger partial charge in [-0.2, -0.15) is 18.3 Å². The quantitative estimate of drug-likeness (QED) is 0.466. The molecule has 1 aliphatic rings. The van der Waals surface area contributed by atoms with Crippen LogP contribution in [0.5, 0.6) is 5.75 Å². The number of carbonyl (C=O) groups excluding carboxylic acids is 1. The SMILES string of the molecule is CC1(CNC(=O)c2cc(F)c(O)c(F)c2)CCC(C)(n2cc3cc(C(F)(F)F)ccc3n2)CC1. The van der Waals surface area contributed by atoms with Crippen molar-refractivity contribution < 1.29 is 31.9 Å². The Labute approximate surface area is 192 Å². The van der Waals surface area contributed by atoms with E-state index in [1.165, 1.54) is 6.07 Å². The molecule has 4 rings (SSSR count). The number of nitrogens with one attached hydrogen (secondary N) is 1. The van der Waals surface area contributed by atoms with Crippen molar-refractivity contribution in [3.8, 4) is 5.75 Å². The van der Waals surface area contributed by atoms with Crippen molar-refractivity contribution in [1.82, 2.24) is 15.1 Å². The number of aromatic hydroxyl groups is 1. The first-order chi connectivity index (χ1) is 15.8. The third-order valence-corrected chi connectivity index (χ3v) is 6.87. The van der Waals surface area contributed by atoms with Crippen LogP contribution in [0.2, 0.25) is 0 Å². The second-order valence-corrected chi connectivity index (χ2v) is 9.62. The molecule has 0 atom stereocenters. The third kappa shape index (κ3) is 4.58. The topological polar surface area (TPSA) is 67.2 Å². The Balaban J connectivity index is 1.43. The summed E-state index contributed by atoms with van der Waals surface area (Å²) in [4.78, 5) is 12.4. The Hall–Kier alpha value is -3.17.